The smallest absolute Gasteiger partial charge is 0.346 e. The third kappa shape index (κ3) is 4.13. The van der Waals surface area contributed by atoms with Gasteiger partial charge in [-0.25, -0.2) is 9.37 Å². The number of rotatable bonds is 6. The number of nitrogens with zero attached hydrogens (tertiary/aromatic N) is 5. The lowest BCUT2D eigenvalue weighted by Crippen LogP contribution is -2.24. The summed E-state index contributed by atoms with van der Waals surface area (Å²) in [5, 5.41) is 8.81. The summed E-state index contributed by atoms with van der Waals surface area (Å²) in [6.45, 7) is -0.190. The molecule has 3 aromatic heterocycles. The Bertz CT molecular complexity index is 1530. The number of carbonyl (C=O) groups excluding carboxylic acids is 1. The fraction of sp³-hybridized carbons (Fsp3) is 0.208. The molecular formula is C24H20F4N6O. The van der Waals surface area contributed by atoms with Crippen molar-refractivity contribution in [1.82, 2.24) is 29.2 Å². The van der Waals surface area contributed by atoms with Gasteiger partial charge in [-0.3, -0.25) is 14.0 Å². The van der Waals surface area contributed by atoms with E-state index < -0.39 is 18.4 Å². The van der Waals surface area contributed by atoms with Crippen molar-refractivity contribution in [3.63, 3.8) is 0 Å². The van der Waals surface area contributed by atoms with Crippen LogP contribution in [0, 0.1) is 0 Å². The van der Waals surface area contributed by atoms with Gasteiger partial charge in [0.15, 0.2) is 5.65 Å². The van der Waals surface area contributed by atoms with E-state index in [1.165, 1.54) is 18.5 Å². The monoisotopic (exact) mass is 484 g/mol. The molecule has 0 fully saturated rings. The van der Waals surface area contributed by atoms with Gasteiger partial charge in [-0.05, 0) is 42.5 Å². The van der Waals surface area contributed by atoms with Gasteiger partial charge in [-0.1, -0.05) is 0 Å². The second kappa shape index (κ2) is 8.57. The summed E-state index contributed by atoms with van der Waals surface area (Å²) in [4.78, 5) is 16.8. The van der Waals surface area contributed by atoms with Crippen molar-refractivity contribution in [1.29, 1.82) is 0 Å². The molecule has 1 amide bonds. The average molecular weight is 484 g/mol. The summed E-state index contributed by atoms with van der Waals surface area (Å²) in [6, 6.07) is 9.99. The second-order valence-electron chi connectivity index (χ2n) is 8.10. The SMILES string of the molecule is Cn1cc2c3cc(C(=O)NCc4cncn4CCF)ccc3n(-c3ccc(C(F)(F)F)cc3)c2n1. The van der Waals surface area contributed by atoms with Crippen molar-refractivity contribution < 1.29 is 22.4 Å². The zero-order valence-corrected chi connectivity index (χ0v) is 18.6. The molecule has 0 saturated carbocycles. The molecule has 1 N–H and O–H groups in total. The van der Waals surface area contributed by atoms with Gasteiger partial charge in [-0.2, -0.15) is 18.3 Å². The average Bonchev–Trinajstić information content (AvgIpc) is 3.50. The predicted octanol–water partition coefficient (Wildman–Crippen LogP) is 4.63. The van der Waals surface area contributed by atoms with Gasteiger partial charge in [0.1, 0.15) is 6.67 Å². The Morgan fingerprint density at radius 1 is 1.09 bits per heavy atom. The molecule has 7 nitrogen and oxygen atoms in total. The van der Waals surface area contributed by atoms with Crippen molar-refractivity contribution in [3.8, 4) is 5.69 Å². The number of hydrogen-bond acceptors (Lipinski definition) is 3. The van der Waals surface area contributed by atoms with Crippen molar-refractivity contribution in [2.45, 2.75) is 19.3 Å². The van der Waals surface area contributed by atoms with E-state index in [9.17, 15) is 22.4 Å². The Kier molecular flexibility index (Phi) is 5.54. The third-order valence-electron chi connectivity index (χ3n) is 5.82. The Morgan fingerprint density at radius 2 is 1.86 bits per heavy atom. The summed E-state index contributed by atoms with van der Waals surface area (Å²) < 4.78 is 56.8. The molecule has 0 atom stereocenters. The Hall–Kier alpha value is -4.15. The van der Waals surface area contributed by atoms with E-state index in [2.05, 4.69) is 15.4 Å². The molecule has 5 rings (SSSR count). The van der Waals surface area contributed by atoms with Crippen LogP contribution in [0.15, 0.2) is 61.2 Å². The maximum atomic E-state index is 13.0. The minimum atomic E-state index is -4.43. The third-order valence-corrected chi connectivity index (χ3v) is 5.82. The number of nitrogens with one attached hydrogen (secondary N) is 1. The van der Waals surface area contributed by atoms with E-state index in [4.69, 9.17) is 0 Å². The van der Waals surface area contributed by atoms with Gasteiger partial charge in [0.05, 0.1) is 36.2 Å². The van der Waals surface area contributed by atoms with Crippen molar-refractivity contribution in [3.05, 3.63) is 78.0 Å². The van der Waals surface area contributed by atoms with E-state index in [0.29, 0.717) is 28.1 Å². The zero-order valence-electron chi connectivity index (χ0n) is 18.6. The summed E-state index contributed by atoms with van der Waals surface area (Å²) in [7, 11) is 1.75. The van der Waals surface area contributed by atoms with E-state index in [0.717, 1.165) is 22.9 Å². The largest absolute Gasteiger partial charge is 0.416 e. The first-order valence-corrected chi connectivity index (χ1v) is 10.7. The minimum Gasteiger partial charge on any atom is -0.346 e. The number of fused-ring (bicyclic) bond motifs is 3. The molecule has 11 heteroatoms. The minimum absolute atomic E-state index is 0.160. The molecule has 0 aliphatic carbocycles. The molecule has 180 valence electrons. The second-order valence-corrected chi connectivity index (χ2v) is 8.10. The van der Waals surface area contributed by atoms with Crippen LogP contribution in [0.2, 0.25) is 0 Å². The lowest BCUT2D eigenvalue weighted by Gasteiger charge is -2.11. The van der Waals surface area contributed by atoms with Crippen LogP contribution in [0.3, 0.4) is 0 Å². The van der Waals surface area contributed by atoms with Gasteiger partial charge in [0.25, 0.3) is 5.91 Å². The van der Waals surface area contributed by atoms with Crippen LogP contribution in [0.5, 0.6) is 0 Å². The van der Waals surface area contributed by atoms with Gasteiger partial charge < -0.3 is 9.88 Å². The van der Waals surface area contributed by atoms with Crippen LogP contribution >= 0.6 is 0 Å². The molecular weight excluding hydrogens is 464 g/mol. The first-order valence-electron chi connectivity index (χ1n) is 10.7. The van der Waals surface area contributed by atoms with E-state index >= 15 is 0 Å². The number of hydrogen-bond donors (Lipinski definition) is 1. The first-order chi connectivity index (χ1) is 16.8. The molecule has 0 spiro atoms. The number of amides is 1. The first kappa shape index (κ1) is 22.6. The number of aromatic nitrogens is 5. The summed E-state index contributed by atoms with van der Waals surface area (Å²) >= 11 is 0. The molecule has 0 saturated heterocycles. The molecule has 35 heavy (non-hydrogen) atoms. The quantitative estimate of drug-likeness (QED) is 0.357. The maximum Gasteiger partial charge on any atom is 0.416 e. The molecule has 0 aliphatic rings. The molecule has 0 bridgehead atoms. The van der Waals surface area contributed by atoms with Gasteiger partial charge in [0.2, 0.25) is 0 Å². The summed E-state index contributed by atoms with van der Waals surface area (Å²) in [6.07, 6.45) is 0.456. The van der Waals surface area contributed by atoms with Crippen LogP contribution in [-0.2, 0) is 26.3 Å². The fourth-order valence-corrected chi connectivity index (χ4v) is 4.16. The number of aryl methyl sites for hydroxylation is 2. The number of carbonyl (C=O) groups is 1. The zero-order chi connectivity index (χ0) is 24.7. The highest BCUT2D eigenvalue weighted by atomic mass is 19.4. The van der Waals surface area contributed by atoms with Crippen LogP contribution in [-0.4, -0.2) is 36.5 Å². The van der Waals surface area contributed by atoms with Gasteiger partial charge in [-0.15, -0.1) is 0 Å². The van der Waals surface area contributed by atoms with E-state index in [1.807, 2.05) is 0 Å². The Labute approximate surface area is 196 Å². The fourth-order valence-electron chi connectivity index (χ4n) is 4.16. The Balaban J connectivity index is 1.50. The van der Waals surface area contributed by atoms with Crippen LogP contribution < -0.4 is 5.32 Å². The summed E-state index contributed by atoms with van der Waals surface area (Å²) in [5.41, 5.74) is 2.15. The predicted molar refractivity (Wildman–Crippen MR) is 122 cm³/mol. The molecule has 5 aromatic rings. The van der Waals surface area contributed by atoms with Gasteiger partial charge in [0, 0.05) is 41.5 Å². The maximum absolute atomic E-state index is 13.0. The van der Waals surface area contributed by atoms with E-state index in [1.54, 1.807) is 51.5 Å². The number of alkyl halides is 4. The number of halogens is 4. The summed E-state index contributed by atoms with van der Waals surface area (Å²) in [5.74, 6) is -0.320. The van der Waals surface area contributed by atoms with Crippen molar-refractivity contribution in [2.24, 2.45) is 7.05 Å². The lowest BCUT2D eigenvalue weighted by molar-refractivity contribution is -0.137. The van der Waals surface area contributed by atoms with Crippen LogP contribution in [0.1, 0.15) is 21.6 Å². The highest BCUT2D eigenvalue weighted by molar-refractivity contribution is 6.10. The molecule has 0 aliphatic heterocycles. The molecule has 3 heterocycles. The lowest BCUT2D eigenvalue weighted by atomic mass is 10.1. The van der Waals surface area contributed by atoms with Crippen LogP contribution in [0.4, 0.5) is 17.6 Å². The molecule has 0 radical (unpaired) electrons. The standard InChI is InChI=1S/C24H20F4N6O/c1-32-13-20-19-10-15(23(35)30-12-18-11-29-14-33(18)9-8-25)2-7-21(19)34(22(20)31-32)17-5-3-16(4-6-17)24(26,27)28/h2-7,10-11,13-14H,8-9,12H2,1H3,(H,30,35). The Morgan fingerprint density at radius 3 is 2.57 bits per heavy atom. The topological polar surface area (TPSA) is 69.7 Å². The number of benzene rings is 2. The molecule has 2 aromatic carbocycles. The highest BCUT2D eigenvalue weighted by Crippen LogP contribution is 2.34. The normalized spacial score (nSPS) is 12.0. The van der Waals surface area contributed by atoms with E-state index in [-0.39, 0.29) is 19.0 Å². The van der Waals surface area contributed by atoms with Crippen LogP contribution in [0.25, 0.3) is 27.6 Å². The number of imidazole rings is 1. The van der Waals surface area contributed by atoms with Gasteiger partial charge >= 0.3 is 6.18 Å². The molecule has 0 unspecified atom stereocenters. The van der Waals surface area contributed by atoms with Crippen molar-refractivity contribution in [2.75, 3.05) is 6.67 Å². The van der Waals surface area contributed by atoms with Crippen molar-refractivity contribution >= 4 is 27.8 Å². The highest BCUT2D eigenvalue weighted by Gasteiger charge is 2.30.